The molecule has 4 heterocycles. The molecule has 0 aromatic carbocycles. The first-order valence-corrected chi connectivity index (χ1v) is 11.7. The fourth-order valence-electron chi connectivity index (χ4n) is 4.35. The standard InChI is InChI=1S/C23H20ClF4N5O4/c24-14-5-11(25)6-29-21(14)33-7-13(22(37)31-19(10-1-2-10)23(26,27)28)18(36)12-3-4-17(30-20(12)33)32-8-15(34)16(35)9-32/h3-7,10,15-16,19,34-35H,1-2,8-9H2,(H,31,37)/t15-,16+,19-/m1/s1. The number of nitrogens with zero attached hydrogens (tertiary/aromatic N) is 4. The Hall–Kier alpha value is -3.29. The second-order valence-corrected chi connectivity index (χ2v) is 9.52. The van der Waals surface area contributed by atoms with E-state index in [-0.39, 0.29) is 40.8 Å². The number of rotatable bonds is 5. The van der Waals surface area contributed by atoms with Crippen LogP contribution in [0.15, 0.2) is 35.4 Å². The van der Waals surface area contributed by atoms with E-state index in [4.69, 9.17) is 11.6 Å². The molecule has 3 N–H and O–H groups in total. The van der Waals surface area contributed by atoms with Crippen molar-refractivity contribution in [3.8, 4) is 5.82 Å². The van der Waals surface area contributed by atoms with Gasteiger partial charge in [0.05, 0.1) is 28.8 Å². The zero-order chi connectivity index (χ0) is 26.6. The molecule has 0 spiro atoms. The highest BCUT2D eigenvalue weighted by Crippen LogP contribution is 2.40. The number of pyridine rings is 3. The lowest BCUT2D eigenvalue weighted by Crippen LogP contribution is -2.48. The molecule has 2 aliphatic rings. The Labute approximate surface area is 211 Å². The molecule has 5 rings (SSSR count). The summed E-state index contributed by atoms with van der Waals surface area (Å²) >= 11 is 6.18. The quantitative estimate of drug-likeness (QED) is 0.423. The highest BCUT2D eigenvalue weighted by Gasteiger charge is 2.50. The van der Waals surface area contributed by atoms with Crippen LogP contribution in [0.1, 0.15) is 23.2 Å². The monoisotopic (exact) mass is 541 g/mol. The lowest BCUT2D eigenvalue weighted by atomic mass is 10.1. The predicted molar refractivity (Wildman–Crippen MR) is 124 cm³/mol. The number of aliphatic hydroxyl groups excluding tert-OH is 2. The van der Waals surface area contributed by atoms with Gasteiger partial charge in [-0.15, -0.1) is 0 Å². The normalized spacial score (nSPS) is 20.9. The molecule has 1 aliphatic heterocycles. The number of amides is 1. The van der Waals surface area contributed by atoms with Gasteiger partial charge in [0.2, 0.25) is 5.43 Å². The Morgan fingerprint density at radius 3 is 2.46 bits per heavy atom. The number of nitrogens with one attached hydrogen (secondary N) is 1. The Morgan fingerprint density at radius 2 is 1.86 bits per heavy atom. The first-order valence-electron chi connectivity index (χ1n) is 11.3. The van der Waals surface area contributed by atoms with E-state index in [1.54, 1.807) is 4.90 Å². The third-order valence-corrected chi connectivity index (χ3v) is 6.69. The summed E-state index contributed by atoms with van der Waals surface area (Å²) in [5.74, 6) is -2.62. The number of β-amino-alcohol motifs (C(OH)–C–C–N with tert-alkyl or cyclic N) is 2. The highest BCUT2D eigenvalue weighted by molar-refractivity contribution is 6.32. The Morgan fingerprint density at radius 1 is 1.19 bits per heavy atom. The molecular weight excluding hydrogens is 522 g/mol. The SMILES string of the molecule is O=C(N[C@H](C1CC1)C(F)(F)F)c1cn(-c2ncc(F)cc2Cl)c2nc(N3C[C@@H](O)[C@@H](O)C3)ccc2c1=O. The molecular formula is C23H20ClF4N5O4. The number of aliphatic hydroxyl groups is 2. The Balaban J connectivity index is 1.65. The average Bonchev–Trinajstić information content (AvgIpc) is 3.61. The van der Waals surface area contributed by atoms with Gasteiger partial charge in [-0.1, -0.05) is 11.6 Å². The summed E-state index contributed by atoms with van der Waals surface area (Å²) in [6.45, 7) is 0.111. The van der Waals surface area contributed by atoms with E-state index in [9.17, 15) is 37.4 Å². The van der Waals surface area contributed by atoms with Crippen molar-refractivity contribution >= 4 is 34.4 Å². The first-order chi connectivity index (χ1) is 17.4. The molecule has 1 saturated heterocycles. The number of aromatic nitrogens is 3. The van der Waals surface area contributed by atoms with Crippen LogP contribution in [0.3, 0.4) is 0 Å². The van der Waals surface area contributed by atoms with Gasteiger partial charge in [0, 0.05) is 19.3 Å². The number of carbonyl (C=O) groups is 1. The van der Waals surface area contributed by atoms with Gasteiger partial charge in [-0.05, 0) is 37.0 Å². The molecule has 37 heavy (non-hydrogen) atoms. The van der Waals surface area contributed by atoms with E-state index in [0.717, 1.165) is 23.0 Å². The molecule has 0 unspecified atom stereocenters. The lowest BCUT2D eigenvalue weighted by Gasteiger charge is -2.22. The molecule has 9 nitrogen and oxygen atoms in total. The second-order valence-electron chi connectivity index (χ2n) is 9.11. The van der Waals surface area contributed by atoms with Gasteiger partial charge < -0.3 is 20.4 Å². The largest absolute Gasteiger partial charge is 0.408 e. The van der Waals surface area contributed by atoms with Crippen LogP contribution in [0.5, 0.6) is 0 Å². The minimum absolute atomic E-state index is 0.0555. The lowest BCUT2D eigenvalue weighted by molar-refractivity contribution is -0.158. The van der Waals surface area contributed by atoms with Crippen molar-refractivity contribution in [3.05, 3.63) is 57.2 Å². The predicted octanol–water partition coefficient (Wildman–Crippen LogP) is 2.19. The molecule has 3 atom stereocenters. The molecule has 0 radical (unpaired) electrons. The van der Waals surface area contributed by atoms with Crippen molar-refractivity contribution < 1.29 is 32.6 Å². The summed E-state index contributed by atoms with van der Waals surface area (Å²) in [5, 5.41) is 21.4. The van der Waals surface area contributed by atoms with Gasteiger partial charge in [-0.2, -0.15) is 13.2 Å². The number of halogens is 5. The van der Waals surface area contributed by atoms with E-state index < -0.39 is 53.1 Å². The summed E-state index contributed by atoms with van der Waals surface area (Å²) in [5.41, 5.74) is -1.55. The van der Waals surface area contributed by atoms with Crippen molar-refractivity contribution in [2.75, 3.05) is 18.0 Å². The number of hydrogen-bond acceptors (Lipinski definition) is 7. The zero-order valence-corrected chi connectivity index (χ0v) is 19.7. The third kappa shape index (κ3) is 4.86. The summed E-state index contributed by atoms with van der Waals surface area (Å²) < 4.78 is 55.3. The molecule has 0 bridgehead atoms. The van der Waals surface area contributed by atoms with Gasteiger partial charge in [0.15, 0.2) is 11.5 Å². The van der Waals surface area contributed by atoms with Crippen molar-refractivity contribution in [2.45, 2.75) is 37.3 Å². The third-order valence-electron chi connectivity index (χ3n) is 6.41. The fourth-order valence-corrected chi connectivity index (χ4v) is 4.59. The fraction of sp³-hybridized carbons (Fsp3) is 0.391. The van der Waals surface area contributed by atoms with E-state index in [1.807, 2.05) is 5.32 Å². The van der Waals surface area contributed by atoms with Gasteiger partial charge in [0.25, 0.3) is 5.91 Å². The smallest absolute Gasteiger partial charge is 0.389 e. The zero-order valence-electron chi connectivity index (χ0n) is 18.9. The van der Waals surface area contributed by atoms with E-state index in [1.165, 1.54) is 12.1 Å². The average molecular weight is 542 g/mol. The van der Waals surface area contributed by atoms with Crippen LogP contribution in [0.2, 0.25) is 5.02 Å². The molecule has 3 aromatic heterocycles. The molecule has 2 fully saturated rings. The van der Waals surface area contributed by atoms with Gasteiger partial charge >= 0.3 is 6.18 Å². The van der Waals surface area contributed by atoms with Gasteiger partial charge in [-0.3, -0.25) is 14.2 Å². The highest BCUT2D eigenvalue weighted by atomic mass is 35.5. The van der Waals surface area contributed by atoms with Crippen LogP contribution in [-0.4, -0.2) is 68.2 Å². The van der Waals surface area contributed by atoms with E-state index in [0.29, 0.717) is 12.8 Å². The number of anilines is 1. The molecule has 14 heteroatoms. The Kier molecular flexibility index (Phi) is 6.32. The van der Waals surface area contributed by atoms with E-state index >= 15 is 0 Å². The van der Waals surface area contributed by atoms with Crippen LogP contribution >= 0.6 is 11.6 Å². The summed E-state index contributed by atoms with van der Waals surface area (Å²) in [6.07, 6.45) is -4.33. The maximum absolute atomic E-state index is 13.7. The van der Waals surface area contributed by atoms with Crippen LogP contribution in [-0.2, 0) is 0 Å². The molecule has 1 saturated carbocycles. The molecule has 3 aromatic rings. The maximum Gasteiger partial charge on any atom is 0.408 e. The molecule has 196 valence electrons. The van der Waals surface area contributed by atoms with Crippen LogP contribution in [0.25, 0.3) is 16.9 Å². The van der Waals surface area contributed by atoms with Crippen LogP contribution in [0, 0.1) is 11.7 Å². The summed E-state index contributed by atoms with van der Waals surface area (Å²) in [7, 11) is 0. The second kappa shape index (κ2) is 9.23. The number of hydrogen-bond donors (Lipinski definition) is 3. The molecule has 1 amide bonds. The van der Waals surface area contributed by atoms with Gasteiger partial charge in [-0.25, -0.2) is 14.4 Å². The number of alkyl halides is 3. The van der Waals surface area contributed by atoms with Crippen molar-refractivity contribution in [2.24, 2.45) is 5.92 Å². The Bertz CT molecular complexity index is 1440. The van der Waals surface area contributed by atoms with Crippen LogP contribution in [0.4, 0.5) is 23.4 Å². The van der Waals surface area contributed by atoms with E-state index in [2.05, 4.69) is 9.97 Å². The van der Waals surface area contributed by atoms with Crippen molar-refractivity contribution in [3.63, 3.8) is 0 Å². The summed E-state index contributed by atoms with van der Waals surface area (Å²) in [4.78, 5) is 36.1. The van der Waals surface area contributed by atoms with Crippen LogP contribution < -0.4 is 15.6 Å². The number of carbonyl (C=O) groups excluding carboxylic acids is 1. The minimum atomic E-state index is -4.70. The molecule has 1 aliphatic carbocycles. The first kappa shape index (κ1) is 25.4. The summed E-state index contributed by atoms with van der Waals surface area (Å²) in [6, 6.07) is 1.58. The minimum Gasteiger partial charge on any atom is -0.389 e. The number of fused-ring (bicyclic) bond motifs is 1. The maximum atomic E-state index is 13.7. The van der Waals surface area contributed by atoms with Crippen molar-refractivity contribution in [1.29, 1.82) is 0 Å². The van der Waals surface area contributed by atoms with Crippen molar-refractivity contribution in [1.82, 2.24) is 19.9 Å². The topological polar surface area (TPSA) is 121 Å². The van der Waals surface area contributed by atoms with Gasteiger partial charge in [0.1, 0.15) is 23.2 Å².